The van der Waals surface area contributed by atoms with Crippen LogP contribution in [0.2, 0.25) is 0 Å². The number of rotatable bonds is 11. The highest BCUT2D eigenvalue weighted by atomic mass is 16.5. The molecule has 35 heavy (non-hydrogen) atoms. The molecule has 1 heterocycles. The van der Waals surface area contributed by atoms with E-state index in [1.807, 2.05) is 37.4 Å². The van der Waals surface area contributed by atoms with Crippen molar-refractivity contribution in [2.24, 2.45) is 0 Å². The summed E-state index contributed by atoms with van der Waals surface area (Å²) in [7, 11) is 4.40. The van der Waals surface area contributed by atoms with Crippen molar-refractivity contribution in [1.82, 2.24) is 15.2 Å². The summed E-state index contributed by atoms with van der Waals surface area (Å²) in [4.78, 5) is 26.2. The van der Waals surface area contributed by atoms with E-state index in [4.69, 9.17) is 19.3 Å². The van der Waals surface area contributed by atoms with Crippen molar-refractivity contribution >= 4 is 28.8 Å². The van der Waals surface area contributed by atoms with Gasteiger partial charge in [-0.2, -0.15) is 0 Å². The second-order valence-electron chi connectivity index (χ2n) is 7.65. The molecular weight excluding hydrogens is 450 g/mol. The number of methoxy groups -OCH3 is 3. The predicted molar refractivity (Wildman–Crippen MR) is 134 cm³/mol. The molecule has 3 rings (SSSR count). The lowest BCUT2D eigenvalue weighted by molar-refractivity contribution is -0.117. The average Bonchev–Trinajstić information content (AvgIpc) is 3.24. The molecule has 1 aromatic heterocycles. The van der Waals surface area contributed by atoms with Gasteiger partial charge in [-0.3, -0.25) is 9.59 Å². The van der Waals surface area contributed by atoms with Gasteiger partial charge in [0, 0.05) is 47.9 Å². The Hall–Kier alpha value is -3.98. The zero-order valence-electron chi connectivity index (χ0n) is 20.4. The number of ether oxygens (including phenoxy) is 3. The third-order valence-electron chi connectivity index (χ3n) is 5.50. The maximum absolute atomic E-state index is 13.2. The van der Waals surface area contributed by atoms with E-state index in [2.05, 4.69) is 15.2 Å². The molecule has 0 aliphatic rings. The van der Waals surface area contributed by atoms with E-state index in [-0.39, 0.29) is 24.4 Å². The van der Waals surface area contributed by atoms with Crippen molar-refractivity contribution in [1.29, 1.82) is 0 Å². The third-order valence-corrected chi connectivity index (χ3v) is 5.50. The number of aliphatic hydroxyl groups excluding tert-OH is 1. The predicted octanol–water partition coefficient (Wildman–Crippen LogP) is 2.96. The van der Waals surface area contributed by atoms with Gasteiger partial charge in [0.25, 0.3) is 11.8 Å². The quantitative estimate of drug-likeness (QED) is 0.287. The maximum atomic E-state index is 13.2. The first-order valence-corrected chi connectivity index (χ1v) is 11.3. The average molecular weight is 482 g/mol. The Bertz CT molecular complexity index is 1210. The van der Waals surface area contributed by atoms with E-state index in [0.717, 1.165) is 23.0 Å². The minimum atomic E-state index is -0.521. The summed E-state index contributed by atoms with van der Waals surface area (Å²) in [6.07, 6.45) is 3.99. The van der Waals surface area contributed by atoms with E-state index in [9.17, 15) is 9.59 Å². The van der Waals surface area contributed by atoms with Crippen LogP contribution < -0.4 is 24.8 Å². The number of hydrogen-bond acceptors (Lipinski definition) is 6. The number of aliphatic hydroxyl groups is 1. The number of benzene rings is 2. The summed E-state index contributed by atoms with van der Waals surface area (Å²) in [5.74, 6) is 0.0120. The molecule has 0 atom stereocenters. The monoisotopic (exact) mass is 481 g/mol. The number of aryl methyl sites for hydroxylation is 1. The molecule has 0 saturated carbocycles. The number of hydrogen-bond donors (Lipinski definition) is 3. The number of aromatic nitrogens is 1. The van der Waals surface area contributed by atoms with Crippen LogP contribution in [-0.4, -0.2) is 56.0 Å². The smallest absolute Gasteiger partial charge is 0.267 e. The van der Waals surface area contributed by atoms with Gasteiger partial charge >= 0.3 is 0 Å². The molecule has 3 aromatic rings. The van der Waals surface area contributed by atoms with Gasteiger partial charge in [-0.25, -0.2) is 0 Å². The Kier molecular flexibility index (Phi) is 8.74. The molecular formula is C26H31N3O6. The topological polar surface area (TPSA) is 111 Å². The van der Waals surface area contributed by atoms with Crippen LogP contribution in [0.15, 0.2) is 48.3 Å². The first-order valence-electron chi connectivity index (χ1n) is 11.3. The number of nitrogens with zero attached hydrogens (tertiary/aromatic N) is 1. The summed E-state index contributed by atoms with van der Waals surface area (Å²) in [5, 5.41) is 15.5. The number of para-hydroxylation sites is 1. The summed E-state index contributed by atoms with van der Waals surface area (Å²) >= 11 is 0. The molecule has 0 radical (unpaired) electrons. The summed E-state index contributed by atoms with van der Waals surface area (Å²) < 4.78 is 18.1. The molecule has 186 valence electrons. The van der Waals surface area contributed by atoms with Gasteiger partial charge < -0.3 is 34.5 Å². The molecule has 0 fully saturated rings. The second-order valence-corrected chi connectivity index (χ2v) is 7.65. The molecule has 9 heteroatoms. The number of nitrogens with one attached hydrogen (secondary N) is 2. The number of carbonyl (C=O) groups excluding carboxylic acids is 2. The van der Waals surface area contributed by atoms with Crippen molar-refractivity contribution in [3.63, 3.8) is 0 Å². The standard InChI is InChI=1S/C26H31N3O6/c1-5-29-16-18(19-9-6-7-10-21(19)29)13-20(26(32)27-11-8-12-30)28-25(31)17-14-22(33-2)24(35-4)23(15-17)34-3/h6-7,9-10,13-16,30H,5,8,11-12H2,1-4H3,(H,27,32)(H,28,31)/b20-13-. The lowest BCUT2D eigenvalue weighted by atomic mass is 10.1. The fraction of sp³-hybridized carbons (Fsp3) is 0.308. The van der Waals surface area contributed by atoms with Crippen LogP contribution in [0.1, 0.15) is 29.3 Å². The van der Waals surface area contributed by atoms with Crippen molar-refractivity contribution in [2.45, 2.75) is 19.9 Å². The van der Waals surface area contributed by atoms with Crippen LogP contribution in [0.5, 0.6) is 17.2 Å². The van der Waals surface area contributed by atoms with Crippen LogP contribution in [0, 0.1) is 0 Å². The lowest BCUT2D eigenvalue weighted by Crippen LogP contribution is -2.35. The van der Waals surface area contributed by atoms with Crippen molar-refractivity contribution in [3.8, 4) is 17.2 Å². The Morgan fingerprint density at radius 2 is 1.74 bits per heavy atom. The Morgan fingerprint density at radius 1 is 1.06 bits per heavy atom. The van der Waals surface area contributed by atoms with Crippen LogP contribution in [0.25, 0.3) is 17.0 Å². The van der Waals surface area contributed by atoms with E-state index in [0.29, 0.717) is 23.7 Å². The molecule has 2 amide bonds. The van der Waals surface area contributed by atoms with E-state index in [1.54, 1.807) is 6.08 Å². The van der Waals surface area contributed by atoms with Gasteiger partial charge in [0.15, 0.2) is 11.5 Å². The van der Waals surface area contributed by atoms with Gasteiger partial charge in [-0.15, -0.1) is 0 Å². The van der Waals surface area contributed by atoms with Gasteiger partial charge in [-0.05, 0) is 37.6 Å². The summed E-state index contributed by atoms with van der Waals surface area (Å²) in [6.45, 7) is 3.00. The van der Waals surface area contributed by atoms with Gasteiger partial charge in [0.05, 0.1) is 21.3 Å². The molecule has 9 nitrogen and oxygen atoms in total. The van der Waals surface area contributed by atoms with Crippen LogP contribution in [-0.2, 0) is 11.3 Å². The normalized spacial score (nSPS) is 11.3. The maximum Gasteiger partial charge on any atom is 0.267 e. The van der Waals surface area contributed by atoms with E-state index in [1.165, 1.54) is 33.5 Å². The van der Waals surface area contributed by atoms with E-state index >= 15 is 0 Å². The molecule has 0 spiro atoms. The third kappa shape index (κ3) is 5.75. The largest absolute Gasteiger partial charge is 0.493 e. The van der Waals surface area contributed by atoms with Crippen molar-refractivity contribution in [3.05, 3.63) is 59.4 Å². The van der Waals surface area contributed by atoms with Crippen LogP contribution >= 0.6 is 0 Å². The molecule has 3 N–H and O–H groups in total. The van der Waals surface area contributed by atoms with Gasteiger partial charge in [-0.1, -0.05) is 18.2 Å². The van der Waals surface area contributed by atoms with Gasteiger partial charge in [0.1, 0.15) is 5.70 Å². The highest BCUT2D eigenvalue weighted by Gasteiger charge is 2.20. The number of fused-ring (bicyclic) bond motifs is 1. The van der Waals surface area contributed by atoms with Crippen LogP contribution in [0.4, 0.5) is 0 Å². The van der Waals surface area contributed by atoms with Crippen molar-refractivity contribution < 1.29 is 28.9 Å². The zero-order chi connectivity index (χ0) is 25.4. The highest BCUT2D eigenvalue weighted by Crippen LogP contribution is 2.38. The molecule has 2 aromatic carbocycles. The molecule has 0 aliphatic carbocycles. The summed E-state index contributed by atoms with van der Waals surface area (Å²) in [6, 6.07) is 10.9. The number of carbonyl (C=O) groups is 2. The fourth-order valence-corrected chi connectivity index (χ4v) is 3.75. The highest BCUT2D eigenvalue weighted by molar-refractivity contribution is 6.07. The minimum absolute atomic E-state index is 0.0545. The summed E-state index contributed by atoms with van der Waals surface area (Å²) in [5.41, 5.74) is 2.11. The van der Waals surface area contributed by atoms with E-state index < -0.39 is 11.8 Å². The molecule has 0 aliphatic heterocycles. The van der Waals surface area contributed by atoms with Crippen LogP contribution in [0.3, 0.4) is 0 Å². The Morgan fingerprint density at radius 3 is 2.34 bits per heavy atom. The first kappa shape index (κ1) is 25.6. The lowest BCUT2D eigenvalue weighted by Gasteiger charge is -2.15. The van der Waals surface area contributed by atoms with Crippen molar-refractivity contribution in [2.75, 3.05) is 34.5 Å². The number of amides is 2. The minimum Gasteiger partial charge on any atom is -0.493 e. The molecule has 0 unspecified atom stereocenters. The molecule has 0 bridgehead atoms. The Labute approximate surface area is 204 Å². The molecule has 0 saturated heterocycles. The zero-order valence-corrected chi connectivity index (χ0v) is 20.4. The fourth-order valence-electron chi connectivity index (χ4n) is 3.75. The Balaban J connectivity index is 2.02. The SMILES string of the molecule is CCn1cc(/C=C(\NC(=O)c2cc(OC)c(OC)c(OC)c2)C(=O)NCCCO)c2ccccc21. The van der Waals surface area contributed by atoms with Gasteiger partial charge in [0.2, 0.25) is 5.75 Å². The first-order chi connectivity index (χ1) is 17.0. The second kappa shape index (κ2) is 11.9.